The van der Waals surface area contributed by atoms with Crippen LogP contribution in [0.1, 0.15) is 26.2 Å². The Balaban J connectivity index is 2.03. The van der Waals surface area contributed by atoms with E-state index in [-0.39, 0.29) is 5.91 Å². The Kier molecular flexibility index (Phi) is 4.18. The van der Waals surface area contributed by atoms with Crippen molar-refractivity contribution in [3.63, 3.8) is 0 Å². The minimum atomic E-state index is 0.225. The van der Waals surface area contributed by atoms with Crippen molar-refractivity contribution in [2.45, 2.75) is 32.2 Å². The first-order valence-electron chi connectivity index (χ1n) is 6.64. The molecule has 0 bridgehead atoms. The maximum atomic E-state index is 11.7. The first kappa shape index (κ1) is 12.9. The number of carbonyl (C=O) groups excluding carboxylic acids is 1. The summed E-state index contributed by atoms with van der Waals surface area (Å²) in [5, 5.41) is 0. The molecule has 2 rings (SSSR count). The molecular formula is C14H21N3O. The van der Waals surface area contributed by atoms with Crippen molar-refractivity contribution in [1.82, 2.24) is 9.88 Å². The number of piperidine rings is 1. The maximum Gasteiger partial charge on any atom is 0.222 e. The van der Waals surface area contributed by atoms with E-state index < -0.39 is 0 Å². The number of hydrogen-bond acceptors (Lipinski definition) is 3. The minimum Gasteiger partial charge on any atom is -0.355 e. The van der Waals surface area contributed by atoms with Crippen LogP contribution in [-0.2, 0) is 4.79 Å². The molecule has 2 heterocycles. The molecule has 4 heteroatoms. The lowest BCUT2D eigenvalue weighted by atomic mass is 10.0. The van der Waals surface area contributed by atoms with Crippen molar-refractivity contribution in [2.24, 2.45) is 0 Å². The third-order valence-corrected chi connectivity index (χ3v) is 3.61. The fraction of sp³-hybridized carbons (Fsp3) is 0.571. The Hall–Kier alpha value is -1.58. The number of likely N-dealkylation sites (N-methyl/N-ethyl adjacent to an activating group) is 1. The van der Waals surface area contributed by atoms with Crippen LogP contribution >= 0.6 is 0 Å². The highest BCUT2D eigenvalue weighted by Crippen LogP contribution is 2.20. The van der Waals surface area contributed by atoms with E-state index in [0.29, 0.717) is 12.5 Å². The van der Waals surface area contributed by atoms with Gasteiger partial charge in [-0.25, -0.2) is 4.98 Å². The highest BCUT2D eigenvalue weighted by molar-refractivity contribution is 5.75. The molecule has 0 unspecified atom stereocenters. The van der Waals surface area contributed by atoms with Crippen molar-refractivity contribution in [3.8, 4) is 0 Å². The van der Waals surface area contributed by atoms with Crippen LogP contribution in [0.3, 0.4) is 0 Å². The average Bonchev–Trinajstić information content (AvgIpc) is 2.46. The van der Waals surface area contributed by atoms with E-state index in [1.807, 2.05) is 43.3 Å². The van der Waals surface area contributed by atoms with Crippen molar-refractivity contribution in [1.29, 1.82) is 0 Å². The topological polar surface area (TPSA) is 36.4 Å². The van der Waals surface area contributed by atoms with Gasteiger partial charge >= 0.3 is 0 Å². The van der Waals surface area contributed by atoms with E-state index >= 15 is 0 Å². The van der Waals surface area contributed by atoms with E-state index in [2.05, 4.69) is 9.88 Å². The van der Waals surface area contributed by atoms with E-state index in [0.717, 1.165) is 31.7 Å². The first-order chi connectivity index (χ1) is 8.72. The largest absolute Gasteiger partial charge is 0.355 e. The predicted molar refractivity (Wildman–Crippen MR) is 72.5 cm³/mol. The SMILES string of the molecule is CCC(=O)N(C)[C@@H]1CCCN(c2ccccn2)C1. The number of hydrogen-bond donors (Lipinski definition) is 0. The van der Waals surface area contributed by atoms with Gasteiger partial charge in [0.15, 0.2) is 0 Å². The van der Waals surface area contributed by atoms with Gasteiger partial charge in [-0.05, 0) is 25.0 Å². The summed E-state index contributed by atoms with van der Waals surface area (Å²) in [6.07, 6.45) is 4.60. The van der Waals surface area contributed by atoms with E-state index in [9.17, 15) is 4.79 Å². The number of nitrogens with zero attached hydrogens (tertiary/aromatic N) is 3. The van der Waals surface area contributed by atoms with Gasteiger partial charge in [-0.15, -0.1) is 0 Å². The third-order valence-electron chi connectivity index (χ3n) is 3.61. The van der Waals surface area contributed by atoms with Gasteiger partial charge in [-0.2, -0.15) is 0 Å². The van der Waals surface area contributed by atoms with Crippen LogP contribution < -0.4 is 4.90 Å². The molecule has 1 amide bonds. The van der Waals surface area contributed by atoms with Crippen molar-refractivity contribution in [2.75, 3.05) is 25.0 Å². The number of carbonyl (C=O) groups is 1. The molecule has 0 aromatic carbocycles. The van der Waals surface area contributed by atoms with Gasteiger partial charge < -0.3 is 9.80 Å². The summed E-state index contributed by atoms with van der Waals surface area (Å²) in [5.41, 5.74) is 0. The number of amides is 1. The molecular weight excluding hydrogens is 226 g/mol. The molecule has 1 fully saturated rings. The molecule has 1 aromatic heterocycles. The lowest BCUT2D eigenvalue weighted by molar-refractivity contribution is -0.131. The van der Waals surface area contributed by atoms with E-state index in [1.54, 1.807) is 0 Å². The first-order valence-corrected chi connectivity index (χ1v) is 6.64. The number of pyridine rings is 1. The van der Waals surface area contributed by atoms with Gasteiger partial charge in [0.2, 0.25) is 5.91 Å². The fourth-order valence-corrected chi connectivity index (χ4v) is 2.47. The normalized spacial score (nSPS) is 19.7. The van der Waals surface area contributed by atoms with Crippen molar-refractivity contribution in [3.05, 3.63) is 24.4 Å². The van der Waals surface area contributed by atoms with Gasteiger partial charge in [0.05, 0.1) is 0 Å². The van der Waals surface area contributed by atoms with Gasteiger partial charge in [-0.3, -0.25) is 4.79 Å². The number of aromatic nitrogens is 1. The third kappa shape index (κ3) is 2.81. The van der Waals surface area contributed by atoms with Gasteiger partial charge in [0.1, 0.15) is 5.82 Å². The molecule has 98 valence electrons. The lowest BCUT2D eigenvalue weighted by Gasteiger charge is -2.38. The molecule has 1 aromatic rings. The fourth-order valence-electron chi connectivity index (χ4n) is 2.47. The van der Waals surface area contributed by atoms with Crippen molar-refractivity contribution >= 4 is 11.7 Å². The summed E-state index contributed by atoms with van der Waals surface area (Å²) in [4.78, 5) is 20.3. The van der Waals surface area contributed by atoms with Crippen LogP contribution in [0.2, 0.25) is 0 Å². The zero-order valence-corrected chi connectivity index (χ0v) is 11.2. The second kappa shape index (κ2) is 5.85. The molecule has 1 aliphatic heterocycles. The van der Waals surface area contributed by atoms with Gasteiger partial charge in [-0.1, -0.05) is 13.0 Å². The van der Waals surface area contributed by atoms with Crippen LogP contribution in [-0.4, -0.2) is 42.0 Å². The van der Waals surface area contributed by atoms with E-state index in [1.165, 1.54) is 0 Å². The zero-order chi connectivity index (χ0) is 13.0. The molecule has 0 spiro atoms. The number of anilines is 1. The minimum absolute atomic E-state index is 0.225. The Morgan fingerprint density at radius 2 is 2.39 bits per heavy atom. The summed E-state index contributed by atoms with van der Waals surface area (Å²) >= 11 is 0. The average molecular weight is 247 g/mol. The summed E-state index contributed by atoms with van der Waals surface area (Å²) in [6, 6.07) is 6.28. The Morgan fingerprint density at radius 1 is 1.56 bits per heavy atom. The Bertz CT molecular complexity index is 393. The lowest BCUT2D eigenvalue weighted by Crippen LogP contribution is -2.48. The van der Waals surface area contributed by atoms with Crippen LogP contribution in [0, 0.1) is 0 Å². The predicted octanol–water partition coefficient (Wildman–Crippen LogP) is 1.92. The van der Waals surface area contributed by atoms with Crippen LogP contribution in [0.5, 0.6) is 0 Å². The molecule has 1 atom stereocenters. The molecule has 18 heavy (non-hydrogen) atoms. The monoisotopic (exact) mass is 247 g/mol. The molecule has 0 saturated carbocycles. The second-order valence-corrected chi connectivity index (χ2v) is 4.79. The second-order valence-electron chi connectivity index (χ2n) is 4.79. The van der Waals surface area contributed by atoms with Gasteiger partial charge in [0.25, 0.3) is 0 Å². The number of rotatable bonds is 3. The highest BCUT2D eigenvalue weighted by atomic mass is 16.2. The summed E-state index contributed by atoms with van der Waals surface area (Å²) < 4.78 is 0. The van der Waals surface area contributed by atoms with Crippen molar-refractivity contribution < 1.29 is 4.79 Å². The molecule has 4 nitrogen and oxygen atoms in total. The summed E-state index contributed by atoms with van der Waals surface area (Å²) in [5.74, 6) is 1.24. The summed E-state index contributed by atoms with van der Waals surface area (Å²) in [7, 11) is 1.92. The van der Waals surface area contributed by atoms with Gasteiger partial charge in [0, 0.05) is 38.8 Å². The quantitative estimate of drug-likeness (QED) is 0.818. The van der Waals surface area contributed by atoms with Crippen LogP contribution in [0.4, 0.5) is 5.82 Å². The Labute approximate surface area is 109 Å². The molecule has 0 N–H and O–H groups in total. The maximum absolute atomic E-state index is 11.7. The van der Waals surface area contributed by atoms with Crippen LogP contribution in [0.15, 0.2) is 24.4 Å². The molecule has 0 radical (unpaired) electrons. The Morgan fingerprint density at radius 3 is 3.06 bits per heavy atom. The highest BCUT2D eigenvalue weighted by Gasteiger charge is 2.25. The smallest absolute Gasteiger partial charge is 0.222 e. The molecule has 1 saturated heterocycles. The molecule has 1 aliphatic rings. The van der Waals surface area contributed by atoms with Crippen LogP contribution in [0.25, 0.3) is 0 Å². The summed E-state index contributed by atoms with van der Waals surface area (Å²) in [6.45, 7) is 3.83. The zero-order valence-electron chi connectivity index (χ0n) is 11.2. The standard InChI is InChI=1S/C14H21N3O/c1-3-14(18)16(2)12-7-6-10-17(11-12)13-8-4-5-9-15-13/h4-5,8-9,12H,3,6-7,10-11H2,1-2H3/t12-/m1/s1. The molecule has 0 aliphatic carbocycles. The van der Waals surface area contributed by atoms with E-state index in [4.69, 9.17) is 0 Å².